The number of benzene rings is 1. The van der Waals surface area contributed by atoms with Gasteiger partial charge in [0.05, 0.1) is 21.3 Å². The van der Waals surface area contributed by atoms with Crippen molar-refractivity contribution >= 4 is 11.5 Å². The third-order valence-electron chi connectivity index (χ3n) is 2.94. The van der Waals surface area contributed by atoms with Crippen LogP contribution in [0.4, 0.5) is 5.69 Å². The van der Waals surface area contributed by atoms with Gasteiger partial charge in [-0.2, -0.15) is 0 Å². The van der Waals surface area contributed by atoms with Gasteiger partial charge < -0.3 is 19.9 Å². The summed E-state index contributed by atoms with van der Waals surface area (Å²) in [5.74, 6) is 0.965. The Morgan fingerprint density at radius 1 is 1.05 bits per heavy atom. The number of carbonyl (C=O) groups excluding carboxylic acids is 1. The van der Waals surface area contributed by atoms with E-state index in [1.807, 2.05) is 0 Å². The van der Waals surface area contributed by atoms with E-state index in [1.165, 1.54) is 33.6 Å². The summed E-state index contributed by atoms with van der Waals surface area (Å²) in [6.07, 6.45) is 1.49. The van der Waals surface area contributed by atoms with Crippen molar-refractivity contribution < 1.29 is 19.0 Å². The summed E-state index contributed by atoms with van der Waals surface area (Å²) in [5, 5.41) is 0. The van der Waals surface area contributed by atoms with Crippen molar-refractivity contribution in [3.8, 4) is 17.2 Å². The summed E-state index contributed by atoms with van der Waals surface area (Å²) < 4.78 is 15.7. The van der Waals surface area contributed by atoms with Gasteiger partial charge in [-0.3, -0.25) is 9.78 Å². The van der Waals surface area contributed by atoms with Crippen LogP contribution in [0.3, 0.4) is 0 Å². The molecule has 0 aliphatic carbocycles. The van der Waals surface area contributed by atoms with E-state index < -0.39 is 0 Å². The summed E-state index contributed by atoms with van der Waals surface area (Å²) >= 11 is 0. The summed E-state index contributed by atoms with van der Waals surface area (Å²) in [4.78, 5) is 16.5. The van der Waals surface area contributed by atoms with Gasteiger partial charge in [0.25, 0.3) is 0 Å². The molecular formula is C15H16N2O4. The predicted molar refractivity (Wildman–Crippen MR) is 78.2 cm³/mol. The first-order chi connectivity index (χ1) is 10.1. The average molecular weight is 288 g/mol. The van der Waals surface area contributed by atoms with Crippen LogP contribution in [0.25, 0.3) is 0 Å². The number of hydrogen-bond donors (Lipinski definition) is 1. The lowest BCUT2D eigenvalue weighted by atomic mass is 10.1. The van der Waals surface area contributed by atoms with Crippen LogP contribution in [0, 0.1) is 0 Å². The molecule has 1 aromatic carbocycles. The van der Waals surface area contributed by atoms with E-state index >= 15 is 0 Å². The molecule has 2 aromatic rings. The topological polar surface area (TPSA) is 83.7 Å². The molecule has 0 aliphatic rings. The third-order valence-corrected chi connectivity index (χ3v) is 2.94. The number of anilines is 1. The molecule has 0 fully saturated rings. The minimum absolute atomic E-state index is 0.254. The van der Waals surface area contributed by atoms with Crippen LogP contribution in [0.15, 0.2) is 30.5 Å². The maximum Gasteiger partial charge on any atom is 0.211 e. The second kappa shape index (κ2) is 6.13. The number of hydrogen-bond acceptors (Lipinski definition) is 6. The van der Waals surface area contributed by atoms with Gasteiger partial charge in [-0.1, -0.05) is 0 Å². The SMILES string of the molecule is COc1cc(C(=O)c2cc(N)ccn2)cc(OC)c1OC. The second-order valence-electron chi connectivity index (χ2n) is 4.22. The van der Waals surface area contributed by atoms with Crippen molar-refractivity contribution in [3.05, 3.63) is 41.7 Å². The van der Waals surface area contributed by atoms with Gasteiger partial charge in [-0.05, 0) is 24.3 Å². The van der Waals surface area contributed by atoms with Gasteiger partial charge in [0.2, 0.25) is 11.5 Å². The summed E-state index contributed by atoms with van der Waals surface area (Å²) in [5.41, 5.74) is 6.77. The molecule has 1 heterocycles. The standard InChI is InChI=1S/C15H16N2O4/c1-19-12-6-9(7-13(20-2)15(12)21-3)14(18)11-8-10(16)4-5-17-11/h4-8H,1-3H3,(H2,16,17). The average Bonchev–Trinajstić information content (AvgIpc) is 2.52. The van der Waals surface area contributed by atoms with E-state index in [0.29, 0.717) is 28.5 Å². The molecular weight excluding hydrogens is 272 g/mol. The fraction of sp³-hybridized carbons (Fsp3) is 0.200. The molecule has 0 spiro atoms. The first-order valence-electron chi connectivity index (χ1n) is 6.17. The molecule has 6 heteroatoms. The van der Waals surface area contributed by atoms with Gasteiger partial charge in [0.1, 0.15) is 5.69 Å². The van der Waals surface area contributed by atoms with Gasteiger partial charge >= 0.3 is 0 Å². The number of ketones is 1. The number of nitrogens with two attached hydrogens (primary N) is 1. The Morgan fingerprint density at radius 2 is 1.67 bits per heavy atom. The first kappa shape index (κ1) is 14.6. The van der Waals surface area contributed by atoms with Crippen LogP contribution >= 0.6 is 0 Å². The lowest BCUT2D eigenvalue weighted by Crippen LogP contribution is -2.06. The number of aromatic nitrogens is 1. The summed E-state index contributed by atoms with van der Waals surface area (Å²) in [7, 11) is 4.48. The molecule has 0 unspecified atom stereocenters. The van der Waals surface area contributed by atoms with Crippen molar-refractivity contribution in [3.63, 3.8) is 0 Å². The number of ether oxygens (including phenoxy) is 3. The Morgan fingerprint density at radius 3 is 2.14 bits per heavy atom. The summed E-state index contributed by atoms with van der Waals surface area (Å²) in [6.45, 7) is 0. The van der Waals surface area contributed by atoms with Gasteiger partial charge in [-0.25, -0.2) is 0 Å². The van der Waals surface area contributed by atoms with Crippen molar-refractivity contribution in [2.75, 3.05) is 27.1 Å². The maximum atomic E-state index is 12.5. The van der Waals surface area contributed by atoms with Crippen molar-refractivity contribution in [1.29, 1.82) is 0 Å². The number of nitrogens with zero attached hydrogens (tertiary/aromatic N) is 1. The smallest absolute Gasteiger partial charge is 0.211 e. The van der Waals surface area contributed by atoms with E-state index in [1.54, 1.807) is 18.2 Å². The van der Waals surface area contributed by atoms with Crippen molar-refractivity contribution in [2.45, 2.75) is 0 Å². The Kier molecular flexibility index (Phi) is 4.27. The van der Waals surface area contributed by atoms with Gasteiger partial charge in [0, 0.05) is 17.4 Å². The van der Waals surface area contributed by atoms with Crippen LogP contribution in [0.5, 0.6) is 17.2 Å². The molecule has 1 aromatic heterocycles. The number of nitrogen functional groups attached to an aromatic ring is 1. The highest BCUT2D eigenvalue weighted by Crippen LogP contribution is 2.38. The number of methoxy groups -OCH3 is 3. The van der Waals surface area contributed by atoms with E-state index in [-0.39, 0.29) is 11.5 Å². The number of rotatable bonds is 5. The van der Waals surface area contributed by atoms with Crippen LogP contribution < -0.4 is 19.9 Å². The highest BCUT2D eigenvalue weighted by atomic mass is 16.5. The third kappa shape index (κ3) is 2.89. The van der Waals surface area contributed by atoms with Crippen LogP contribution in [0.2, 0.25) is 0 Å². The summed E-state index contributed by atoms with van der Waals surface area (Å²) in [6, 6.07) is 6.29. The zero-order valence-corrected chi connectivity index (χ0v) is 12.0. The Hall–Kier alpha value is -2.76. The zero-order valence-electron chi connectivity index (χ0n) is 12.0. The lowest BCUT2D eigenvalue weighted by molar-refractivity contribution is 0.103. The van der Waals surface area contributed by atoms with E-state index in [9.17, 15) is 4.79 Å². The molecule has 0 bridgehead atoms. The molecule has 0 atom stereocenters. The maximum absolute atomic E-state index is 12.5. The van der Waals surface area contributed by atoms with Crippen LogP contribution in [-0.4, -0.2) is 32.1 Å². The Bertz CT molecular complexity index is 645. The second-order valence-corrected chi connectivity index (χ2v) is 4.22. The molecule has 0 aliphatic heterocycles. The lowest BCUT2D eigenvalue weighted by Gasteiger charge is -2.13. The van der Waals surface area contributed by atoms with Crippen LogP contribution in [-0.2, 0) is 0 Å². The van der Waals surface area contributed by atoms with Crippen molar-refractivity contribution in [1.82, 2.24) is 4.98 Å². The normalized spacial score (nSPS) is 10.0. The molecule has 21 heavy (non-hydrogen) atoms. The molecule has 0 saturated carbocycles. The largest absolute Gasteiger partial charge is 0.493 e. The first-order valence-corrected chi connectivity index (χ1v) is 6.17. The minimum Gasteiger partial charge on any atom is -0.493 e. The number of carbonyl (C=O) groups is 1. The molecule has 2 rings (SSSR count). The zero-order chi connectivity index (χ0) is 15.4. The molecule has 0 amide bonds. The van der Waals surface area contributed by atoms with E-state index in [4.69, 9.17) is 19.9 Å². The van der Waals surface area contributed by atoms with Crippen molar-refractivity contribution in [2.24, 2.45) is 0 Å². The fourth-order valence-electron chi connectivity index (χ4n) is 1.93. The number of pyridine rings is 1. The highest BCUT2D eigenvalue weighted by Gasteiger charge is 2.18. The molecule has 0 radical (unpaired) electrons. The highest BCUT2D eigenvalue weighted by molar-refractivity contribution is 6.08. The molecule has 6 nitrogen and oxygen atoms in total. The Balaban J connectivity index is 2.51. The van der Waals surface area contributed by atoms with Crippen LogP contribution in [0.1, 0.15) is 16.1 Å². The quantitative estimate of drug-likeness (QED) is 0.846. The fourth-order valence-corrected chi connectivity index (χ4v) is 1.93. The molecule has 110 valence electrons. The molecule has 2 N–H and O–H groups in total. The molecule has 0 saturated heterocycles. The Labute approximate surface area is 122 Å². The monoisotopic (exact) mass is 288 g/mol. The predicted octanol–water partition coefficient (Wildman–Crippen LogP) is 1.92. The van der Waals surface area contributed by atoms with E-state index in [0.717, 1.165) is 0 Å². The van der Waals surface area contributed by atoms with Gasteiger partial charge in [-0.15, -0.1) is 0 Å². The van der Waals surface area contributed by atoms with E-state index in [2.05, 4.69) is 4.98 Å². The minimum atomic E-state index is -0.276. The van der Waals surface area contributed by atoms with Gasteiger partial charge in [0.15, 0.2) is 11.5 Å².